The van der Waals surface area contributed by atoms with Crippen LogP contribution in [0.2, 0.25) is 0 Å². The molecule has 0 bridgehead atoms. The van der Waals surface area contributed by atoms with E-state index in [-0.39, 0.29) is 0 Å². The molecular formula is C14H18N2O2. The van der Waals surface area contributed by atoms with Gasteiger partial charge in [-0.2, -0.15) is 0 Å². The number of hydrogen-bond acceptors (Lipinski definition) is 4. The standard InChI is InChI=1S/C14H18N2O2/c1-9-6-10(2)14(12(7-9)17-3)13-8-11(4-5-15)16-18-13/h6-8H,4-5,15H2,1-3H3. The SMILES string of the molecule is COc1cc(C)cc(C)c1-c1cc(CCN)no1. The van der Waals surface area contributed by atoms with Gasteiger partial charge in [-0.15, -0.1) is 0 Å². The number of rotatable bonds is 4. The molecule has 0 unspecified atom stereocenters. The largest absolute Gasteiger partial charge is 0.496 e. The molecule has 0 atom stereocenters. The molecule has 2 N–H and O–H groups in total. The van der Waals surface area contributed by atoms with E-state index in [1.54, 1.807) is 7.11 Å². The minimum Gasteiger partial charge on any atom is -0.496 e. The Bertz CT molecular complexity index is 547. The van der Waals surface area contributed by atoms with Gasteiger partial charge in [-0.05, 0) is 37.6 Å². The number of benzene rings is 1. The fourth-order valence-corrected chi connectivity index (χ4v) is 2.10. The molecule has 0 saturated heterocycles. The molecule has 0 spiro atoms. The molecule has 2 rings (SSSR count). The second-order valence-electron chi connectivity index (χ2n) is 4.38. The quantitative estimate of drug-likeness (QED) is 0.900. The highest BCUT2D eigenvalue weighted by molar-refractivity contribution is 5.70. The number of nitrogens with two attached hydrogens (primary N) is 1. The molecule has 0 saturated carbocycles. The maximum absolute atomic E-state index is 5.51. The van der Waals surface area contributed by atoms with Crippen molar-refractivity contribution >= 4 is 0 Å². The van der Waals surface area contributed by atoms with Gasteiger partial charge in [-0.3, -0.25) is 0 Å². The van der Waals surface area contributed by atoms with Gasteiger partial charge in [0.25, 0.3) is 0 Å². The average molecular weight is 246 g/mol. The molecular weight excluding hydrogens is 228 g/mol. The lowest BCUT2D eigenvalue weighted by molar-refractivity contribution is 0.403. The van der Waals surface area contributed by atoms with Crippen molar-refractivity contribution in [2.75, 3.05) is 13.7 Å². The monoisotopic (exact) mass is 246 g/mol. The van der Waals surface area contributed by atoms with Crippen molar-refractivity contribution in [3.8, 4) is 17.1 Å². The molecule has 4 heteroatoms. The summed E-state index contributed by atoms with van der Waals surface area (Å²) in [6.07, 6.45) is 0.719. The van der Waals surface area contributed by atoms with E-state index in [4.69, 9.17) is 15.0 Å². The molecule has 18 heavy (non-hydrogen) atoms. The first kappa shape index (κ1) is 12.6. The molecule has 0 aliphatic heterocycles. The Kier molecular flexibility index (Phi) is 3.67. The molecule has 0 fully saturated rings. The molecule has 0 amide bonds. The van der Waals surface area contributed by atoms with Gasteiger partial charge < -0.3 is 15.0 Å². The Morgan fingerprint density at radius 1 is 1.28 bits per heavy atom. The zero-order valence-corrected chi connectivity index (χ0v) is 11.0. The van der Waals surface area contributed by atoms with E-state index in [1.807, 2.05) is 26.0 Å². The predicted octanol–water partition coefficient (Wildman–Crippen LogP) is 2.47. The van der Waals surface area contributed by atoms with E-state index >= 15 is 0 Å². The van der Waals surface area contributed by atoms with E-state index in [0.29, 0.717) is 6.54 Å². The van der Waals surface area contributed by atoms with Crippen LogP contribution in [-0.2, 0) is 6.42 Å². The summed E-state index contributed by atoms with van der Waals surface area (Å²) in [7, 11) is 1.66. The van der Waals surface area contributed by atoms with Crippen molar-refractivity contribution in [1.29, 1.82) is 0 Å². The smallest absolute Gasteiger partial charge is 0.171 e. The Morgan fingerprint density at radius 2 is 2.06 bits per heavy atom. The highest BCUT2D eigenvalue weighted by Crippen LogP contribution is 2.34. The lowest BCUT2D eigenvalue weighted by Crippen LogP contribution is -2.02. The van der Waals surface area contributed by atoms with Crippen LogP contribution in [0.4, 0.5) is 0 Å². The zero-order chi connectivity index (χ0) is 13.1. The van der Waals surface area contributed by atoms with Crippen LogP contribution in [0.1, 0.15) is 16.8 Å². The molecule has 0 radical (unpaired) electrons. The Hall–Kier alpha value is -1.81. The van der Waals surface area contributed by atoms with Crippen LogP contribution in [-0.4, -0.2) is 18.8 Å². The summed E-state index contributed by atoms with van der Waals surface area (Å²) in [5.41, 5.74) is 9.61. The number of nitrogens with zero attached hydrogens (tertiary/aromatic N) is 1. The van der Waals surface area contributed by atoms with E-state index in [9.17, 15) is 0 Å². The third-order valence-electron chi connectivity index (χ3n) is 2.87. The molecule has 96 valence electrons. The first-order valence-electron chi connectivity index (χ1n) is 5.97. The minimum absolute atomic E-state index is 0.565. The molecule has 1 heterocycles. The summed E-state index contributed by atoms with van der Waals surface area (Å²) >= 11 is 0. The Balaban J connectivity index is 2.48. The zero-order valence-electron chi connectivity index (χ0n) is 11.0. The summed E-state index contributed by atoms with van der Waals surface area (Å²) in [5, 5.41) is 4.01. The third kappa shape index (κ3) is 2.38. The highest BCUT2D eigenvalue weighted by atomic mass is 16.5. The van der Waals surface area contributed by atoms with Crippen LogP contribution in [0.5, 0.6) is 5.75 Å². The number of aryl methyl sites for hydroxylation is 2. The maximum Gasteiger partial charge on any atom is 0.171 e. The van der Waals surface area contributed by atoms with Crippen molar-refractivity contribution < 1.29 is 9.26 Å². The molecule has 0 aliphatic carbocycles. The highest BCUT2D eigenvalue weighted by Gasteiger charge is 2.15. The van der Waals surface area contributed by atoms with Crippen LogP contribution in [0, 0.1) is 13.8 Å². The second kappa shape index (κ2) is 5.23. The normalized spacial score (nSPS) is 10.7. The predicted molar refractivity (Wildman–Crippen MR) is 70.7 cm³/mol. The summed E-state index contributed by atoms with van der Waals surface area (Å²) < 4.78 is 10.8. The summed E-state index contributed by atoms with van der Waals surface area (Å²) in [6.45, 7) is 4.64. The number of ether oxygens (including phenoxy) is 1. The second-order valence-corrected chi connectivity index (χ2v) is 4.38. The van der Waals surface area contributed by atoms with E-state index in [1.165, 1.54) is 0 Å². The molecule has 4 nitrogen and oxygen atoms in total. The number of methoxy groups -OCH3 is 1. The topological polar surface area (TPSA) is 61.3 Å². The summed E-state index contributed by atoms with van der Waals surface area (Å²) in [5.74, 6) is 1.54. The fourth-order valence-electron chi connectivity index (χ4n) is 2.10. The molecule has 1 aromatic carbocycles. The third-order valence-corrected chi connectivity index (χ3v) is 2.87. The van der Waals surface area contributed by atoms with Crippen LogP contribution in [0.15, 0.2) is 22.7 Å². The van der Waals surface area contributed by atoms with Crippen molar-refractivity contribution in [2.24, 2.45) is 5.73 Å². The first-order valence-corrected chi connectivity index (χ1v) is 5.97. The summed E-state index contributed by atoms with van der Waals surface area (Å²) in [4.78, 5) is 0. The van der Waals surface area contributed by atoms with Gasteiger partial charge in [0.2, 0.25) is 0 Å². The van der Waals surface area contributed by atoms with Crippen molar-refractivity contribution in [3.05, 3.63) is 35.0 Å². The van der Waals surface area contributed by atoms with E-state index in [0.717, 1.165) is 40.3 Å². The van der Waals surface area contributed by atoms with Gasteiger partial charge in [0.05, 0.1) is 18.4 Å². The van der Waals surface area contributed by atoms with Gasteiger partial charge in [-0.1, -0.05) is 11.2 Å². The lowest BCUT2D eigenvalue weighted by atomic mass is 10.0. The van der Waals surface area contributed by atoms with Crippen molar-refractivity contribution in [2.45, 2.75) is 20.3 Å². The molecule has 2 aromatic rings. The van der Waals surface area contributed by atoms with Crippen LogP contribution < -0.4 is 10.5 Å². The van der Waals surface area contributed by atoms with Gasteiger partial charge in [0, 0.05) is 12.5 Å². The average Bonchev–Trinajstić information content (AvgIpc) is 2.76. The van der Waals surface area contributed by atoms with Crippen molar-refractivity contribution in [1.82, 2.24) is 5.16 Å². The van der Waals surface area contributed by atoms with Crippen LogP contribution in [0.25, 0.3) is 11.3 Å². The van der Waals surface area contributed by atoms with E-state index < -0.39 is 0 Å². The van der Waals surface area contributed by atoms with Gasteiger partial charge in [-0.25, -0.2) is 0 Å². The number of aromatic nitrogens is 1. The van der Waals surface area contributed by atoms with Crippen molar-refractivity contribution in [3.63, 3.8) is 0 Å². The molecule has 0 aliphatic rings. The van der Waals surface area contributed by atoms with Gasteiger partial charge >= 0.3 is 0 Å². The molecule has 1 aromatic heterocycles. The van der Waals surface area contributed by atoms with Gasteiger partial charge in [0.15, 0.2) is 5.76 Å². The summed E-state index contributed by atoms with van der Waals surface area (Å²) in [6, 6.07) is 6.02. The van der Waals surface area contributed by atoms with Crippen LogP contribution >= 0.6 is 0 Å². The lowest BCUT2D eigenvalue weighted by Gasteiger charge is -2.10. The van der Waals surface area contributed by atoms with Crippen LogP contribution in [0.3, 0.4) is 0 Å². The van der Waals surface area contributed by atoms with E-state index in [2.05, 4.69) is 11.2 Å². The number of hydrogen-bond donors (Lipinski definition) is 1. The Labute approximate surface area is 107 Å². The first-order chi connectivity index (χ1) is 8.65. The minimum atomic E-state index is 0.565. The maximum atomic E-state index is 5.51. The van der Waals surface area contributed by atoms with Gasteiger partial charge in [0.1, 0.15) is 5.75 Å². The fraction of sp³-hybridized carbons (Fsp3) is 0.357. The Morgan fingerprint density at radius 3 is 2.72 bits per heavy atom.